The monoisotopic (exact) mass is 312 g/mol. The molecule has 6 nitrogen and oxygen atoms in total. The minimum absolute atomic E-state index is 0.168. The fourth-order valence-electron chi connectivity index (χ4n) is 1.88. The number of hydrogen-bond donors (Lipinski definition) is 0. The lowest BCUT2D eigenvalue weighted by Crippen LogP contribution is -2.24. The molecular formula is C14H16O6S. The van der Waals surface area contributed by atoms with E-state index in [1.165, 1.54) is 12.1 Å². The normalized spacial score (nSPS) is 18.3. The van der Waals surface area contributed by atoms with Gasteiger partial charge in [-0.15, -0.1) is 0 Å². The number of carbonyl (C=O) groups is 2. The third-order valence-corrected chi connectivity index (χ3v) is 4.85. The zero-order chi connectivity index (χ0) is 15.5. The van der Waals surface area contributed by atoms with Gasteiger partial charge in [-0.25, -0.2) is 13.2 Å². The van der Waals surface area contributed by atoms with Crippen molar-refractivity contribution >= 4 is 21.8 Å². The Bertz CT molecular complexity index is 632. The molecule has 1 atom stereocenters. The first kappa shape index (κ1) is 15.5. The van der Waals surface area contributed by atoms with Gasteiger partial charge in [-0.05, 0) is 19.1 Å². The van der Waals surface area contributed by atoms with Gasteiger partial charge in [0.15, 0.2) is 9.84 Å². The van der Waals surface area contributed by atoms with Crippen molar-refractivity contribution in [3.8, 4) is 0 Å². The second-order valence-corrected chi connectivity index (χ2v) is 6.93. The number of esters is 2. The first-order chi connectivity index (χ1) is 9.88. The van der Waals surface area contributed by atoms with Gasteiger partial charge < -0.3 is 9.47 Å². The van der Waals surface area contributed by atoms with Crippen molar-refractivity contribution in [1.82, 2.24) is 0 Å². The second-order valence-electron chi connectivity index (χ2n) is 4.82. The summed E-state index contributed by atoms with van der Waals surface area (Å²) in [6.07, 6.45) is -0.880. The molecular weight excluding hydrogens is 296 g/mol. The zero-order valence-corrected chi connectivity index (χ0v) is 12.4. The van der Waals surface area contributed by atoms with E-state index in [2.05, 4.69) is 4.74 Å². The van der Waals surface area contributed by atoms with Crippen LogP contribution in [0.1, 0.15) is 18.4 Å². The van der Waals surface area contributed by atoms with Crippen LogP contribution >= 0.6 is 0 Å². The Morgan fingerprint density at radius 2 is 2.00 bits per heavy atom. The Kier molecular flexibility index (Phi) is 4.62. The van der Waals surface area contributed by atoms with Gasteiger partial charge in [0, 0.05) is 6.42 Å². The van der Waals surface area contributed by atoms with Gasteiger partial charge in [0.05, 0.1) is 23.7 Å². The lowest BCUT2D eigenvalue weighted by Gasteiger charge is -2.08. The highest BCUT2D eigenvalue weighted by atomic mass is 32.2. The van der Waals surface area contributed by atoms with Gasteiger partial charge >= 0.3 is 11.9 Å². The largest absolute Gasteiger partial charge is 0.463 e. The van der Waals surface area contributed by atoms with Gasteiger partial charge in [0.2, 0.25) is 6.10 Å². The first-order valence-electron chi connectivity index (χ1n) is 6.54. The number of cyclic esters (lactones) is 1. The molecule has 0 amide bonds. The fourth-order valence-corrected chi connectivity index (χ4v) is 3.10. The van der Waals surface area contributed by atoms with Crippen LogP contribution in [0.5, 0.6) is 0 Å². The zero-order valence-electron chi connectivity index (χ0n) is 11.6. The summed E-state index contributed by atoms with van der Waals surface area (Å²) in [5, 5.41) is 0. The van der Waals surface area contributed by atoms with E-state index in [4.69, 9.17) is 4.74 Å². The Morgan fingerprint density at radius 1 is 1.33 bits per heavy atom. The number of sulfone groups is 1. The number of hydrogen-bond acceptors (Lipinski definition) is 6. The molecule has 1 aliphatic heterocycles. The van der Waals surface area contributed by atoms with Gasteiger partial charge in [-0.2, -0.15) is 0 Å². The Labute approximate surface area is 123 Å². The lowest BCUT2D eigenvalue weighted by molar-refractivity contribution is -0.159. The van der Waals surface area contributed by atoms with Crippen LogP contribution in [-0.2, 0) is 28.9 Å². The Morgan fingerprint density at radius 3 is 2.57 bits per heavy atom. The molecule has 0 N–H and O–H groups in total. The third-order valence-electron chi connectivity index (χ3n) is 3.12. The third kappa shape index (κ3) is 4.04. The van der Waals surface area contributed by atoms with E-state index in [1.54, 1.807) is 12.1 Å². The van der Waals surface area contributed by atoms with E-state index in [0.29, 0.717) is 6.42 Å². The topological polar surface area (TPSA) is 86.7 Å². The molecule has 0 aliphatic carbocycles. The highest BCUT2D eigenvalue weighted by molar-refractivity contribution is 7.91. The van der Waals surface area contributed by atoms with Crippen LogP contribution in [0.25, 0.3) is 0 Å². The van der Waals surface area contributed by atoms with Crippen LogP contribution in [0.15, 0.2) is 29.2 Å². The number of ether oxygens (including phenoxy) is 2. The van der Waals surface area contributed by atoms with E-state index in [9.17, 15) is 18.0 Å². The summed E-state index contributed by atoms with van der Waals surface area (Å²) in [6.45, 7) is 2.08. The van der Waals surface area contributed by atoms with Crippen molar-refractivity contribution in [2.24, 2.45) is 0 Å². The highest BCUT2D eigenvalue weighted by Crippen LogP contribution is 2.15. The lowest BCUT2D eigenvalue weighted by atomic mass is 10.2. The molecule has 0 aromatic heterocycles. The molecule has 21 heavy (non-hydrogen) atoms. The smallest absolute Gasteiger partial charge is 0.347 e. The average Bonchev–Trinajstić information content (AvgIpc) is 2.83. The van der Waals surface area contributed by atoms with Crippen molar-refractivity contribution < 1.29 is 27.5 Å². The molecule has 0 bridgehead atoms. The summed E-state index contributed by atoms with van der Waals surface area (Å²) < 4.78 is 33.7. The quantitative estimate of drug-likeness (QED) is 0.754. The molecule has 0 unspecified atom stereocenters. The molecule has 2 rings (SSSR count). The standard InChI is InChI=1S/C14H16O6S/c1-10-2-4-11(5-3-10)21(17,18)9-7-13(15)20-12-6-8-19-14(12)16/h2-5,12H,6-9H2,1H3/t12-/m0/s1. The summed E-state index contributed by atoms with van der Waals surface area (Å²) >= 11 is 0. The predicted molar refractivity (Wildman–Crippen MR) is 73.3 cm³/mol. The molecule has 0 saturated carbocycles. The van der Waals surface area contributed by atoms with Gasteiger partial charge in [-0.1, -0.05) is 17.7 Å². The molecule has 1 saturated heterocycles. The van der Waals surface area contributed by atoms with Crippen molar-refractivity contribution in [1.29, 1.82) is 0 Å². The minimum atomic E-state index is -3.54. The summed E-state index contributed by atoms with van der Waals surface area (Å²) in [5.74, 6) is -1.64. The molecule has 114 valence electrons. The second kappa shape index (κ2) is 6.26. The molecule has 1 aliphatic rings. The predicted octanol–water partition coefficient (Wildman–Crippen LogP) is 1.02. The van der Waals surface area contributed by atoms with Crippen molar-refractivity contribution in [3.63, 3.8) is 0 Å². The molecule has 1 heterocycles. The van der Waals surface area contributed by atoms with Crippen molar-refractivity contribution in [2.45, 2.75) is 30.8 Å². The minimum Gasteiger partial charge on any atom is -0.463 e. The number of benzene rings is 1. The highest BCUT2D eigenvalue weighted by Gasteiger charge is 2.30. The van der Waals surface area contributed by atoms with E-state index in [1.807, 2.05) is 6.92 Å². The van der Waals surface area contributed by atoms with Crippen molar-refractivity contribution in [3.05, 3.63) is 29.8 Å². The molecule has 1 aromatic rings. The molecule has 0 radical (unpaired) electrons. The van der Waals surface area contributed by atoms with Gasteiger partial charge in [0.1, 0.15) is 0 Å². The van der Waals surface area contributed by atoms with Crippen LogP contribution < -0.4 is 0 Å². The fraction of sp³-hybridized carbons (Fsp3) is 0.429. The van der Waals surface area contributed by atoms with Crippen LogP contribution in [-0.4, -0.2) is 38.8 Å². The Balaban J connectivity index is 1.90. The summed E-state index contributed by atoms with van der Waals surface area (Å²) in [5.41, 5.74) is 0.952. The van der Waals surface area contributed by atoms with Crippen LogP contribution in [0, 0.1) is 6.92 Å². The van der Waals surface area contributed by atoms with Crippen molar-refractivity contribution in [2.75, 3.05) is 12.4 Å². The number of rotatable bonds is 5. The van der Waals surface area contributed by atoms with Gasteiger partial charge in [-0.3, -0.25) is 4.79 Å². The molecule has 0 spiro atoms. The SMILES string of the molecule is Cc1ccc(S(=O)(=O)CCC(=O)O[C@H]2CCOC2=O)cc1. The summed E-state index contributed by atoms with van der Waals surface area (Å²) in [7, 11) is -3.54. The van der Waals surface area contributed by atoms with Crippen LogP contribution in [0.3, 0.4) is 0 Å². The molecule has 7 heteroatoms. The van der Waals surface area contributed by atoms with E-state index < -0.39 is 27.9 Å². The van der Waals surface area contributed by atoms with Crippen LogP contribution in [0.2, 0.25) is 0 Å². The summed E-state index contributed by atoms with van der Waals surface area (Å²) in [6, 6.07) is 6.40. The number of carbonyl (C=O) groups excluding carboxylic acids is 2. The van der Waals surface area contributed by atoms with E-state index >= 15 is 0 Å². The maximum atomic E-state index is 12.1. The average molecular weight is 312 g/mol. The van der Waals surface area contributed by atoms with Crippen LogP contribution in [0.4, 0.5) is 0 Å². The molecule has 1 fully saturated rings. The summed E-state index contributed by atoms with van der Waals surface area (Å²) in [4.78, 5) is 22.9. The van der Waals surface area contributed by atoms with E-state index in [0.717, 1.165) is 5.56 Å². The maximum Gasteiger partial charge on any atom is 0.347 e. The maximum absolute atomic E-state index is 12.1. The first-order valence-corrected chi connectivity index (χ1v) is 8.19. The Hall–Kier alpha value is -1.89. The van der Waals surface area contributed by atoms with E-state index in [-0.39, 0.29) is 23.7 Å². The number of aryl methyl sites for hydroxylation is 1. The molecule has 1 aromatic carbocycles. The van der Waals surface area contributed by atoms with Gasteiger partial charge in [0.25, 0.3) is 0 Å².